The molecule has 5 heteroatoms. The first-order valence-corrected chi connectivity index (χ1v) is 7.34. The minimum atomic E-state index is -0.317. The molecule has 0 spiro atoms. The van der Waals surface area contributed by atoms with Crippen LogP contribution in [0.3, 0.4) is 0 Å². The lowest BCUT2D eigenvalue weighted by Crippen LogP contribution is -2.58. The molecule has 2 atom stereocenters. The van der Waals surface area contributed by atoms with E-state index in [9.17, 15) is 0 Å². The molecule has 1 fully saturated rings. The first-order chi connectivity index (χ1) is 9.19. The van der Waals surface area contributed by atoms with Gasteiger partial charge in [0.2, 0.25) is 5.88 Å². The van der Waals surface area contributed by atoms with Crippen LogP contribution in [0.5, 0.6) is 0 Å². The zero-order valence-corrected chi connectivity index (χ0v) is 13.3. The number of nitrogens with two attached hydrogens (primary N) is 2. The molecule has 2 unspecified atom stereocenters. The number of nitrogens with zero attached hydrogens (tertiary/aromatic N) is 1. The molecule has 0 saturated heterocycles. The Balaban J connectivity index is 2.60. The van der Waals surface area contributed by atoms with Gasteiger partial charge in [-0.25, -0.2) is 0 Å². The lowest BCUT2D eigenvalue weighted by molar-refractivity contribution is 0.108. The van der Waals surface area contributed by atoms with Gasteiger partial charge in [-0.3, -0.25) is 0 Å². The molecule has 0 heterocycles. The van der Waals surface area contributed by atoms with E-state index in [1.54, 1.807) is 0 Å². The van der Waals surface area contributed by atoms with E-state index < -0.39 is 0 Å². The highest BCUT2D eigenvalue weighted by Gasteiger charge is 2.41. The maximum Gasteiger partial charge on any atom is 0.215 e. The first kappa shape index (κ1) is 17.0. The van der Waals surface area contributed by atoms with Gasteiger partial charge in [0.05, 0.1) is 5.71 Å². The number of oxime groups is 1. The van der Waals surface area contributed by atoms with Crippen LogP contribution >= 0.6 is 0 Å². The fourth-order valence-corrected chi connectivity index (χ4v) is 3.04. The molecule has 116 valence electrons. The fraction of sp³-hybridized carbons (Fsp3) is 0.800. The molecular formula is C15H30N4O. The van der Waals surface area contributed by atoms with Gasteiger partial charge < -0.3 is 21.6 Å². The van der Waals surface area contributed by atoms with Gasteiger partial charge in [-0.2, -0.15) is 0 Å². The Morgan fingerprint density at radius 1 is 1.45 bits per heavy atom. The van der Waals surface area contributed by atoms with Crippen LogP contribution in [0.1, 0.15) is 53.4 Å². The number of rotatable bonds is 6. The topological polar surface area (TPSA) is 85.7 Å². The van der Waals surface area contributed by atoms with E-state index in [2.05, 4.69) is 30.9 Å². The molecular weight excluding hydrogens is 252 g/mol. The molecule has 0 amide bonds. The van der Waals surface area contributed by atoms with Crippen molar-refractivity contribution in [1.29, 1.82) is 0 Å². The van der Waals surface area contributed by atoms with Crippen molar-refractivity contribution < 1.29 is 4.84 Å². The molecule has 1 rings (SSSR count). The lowest BCUT2D eigenvalue weighted by Gasteiger charge is -2.46. The molecule has 5 nitrogen and oxygen atoms in total. The average Bonchev–Trinajstić information content (AvgIpc) is 2.33. The Morgan fingerprint density at radius 2 is 2.10 bits per heavy atom. The van der Waals surface area contributed by atoms with Crippen molar-refractivity contribution in [2.45, 2.75) is 65.0 Å². The largest absolute Gasteiger partial charge is 0.352 e. The number of nitrogens with one attached hydrogen (secondary N) is 1. The molecule has 0 aromatic rings. The van der Waals surface area contributed by atoms with Crippen molar-refractivity contribution in [3.05, 3.63) is 12.5 Å². The van der Waals surface area contributed by atoms with Crippen LogP contribution in [0.2, 0.25) is 0 Å². The van der Waals surface area contributed by atoms with Gasteiger partial charge in [0.1, 0.15) is 0 Å². The van der Waals surface area contributed by atoms with E-state index in [4.69, 9.17) is 16.3 Å². The van der Waals surface area contributed by atoms with Crippen LogP contribution in [0, 0.1) is 5.41 Å². The maximum atomic E-state index is 6.38. The van der Waals surface area contributed by atoms with Crippen LogP contribution in [0.4, 0.5) is 0 Å². The van der Waals surface area contributed by atoms with Crippen molar-refractivity contribution in [2.75, 3.05) is 6.54 Å². The minimum Gasteiger partial charge on any atom is -0.352 e. The van der Waals surface area contributed by atoms with Crippen LogP contribution < -0.4 is 16.8 Å². The quantitative estimate of drug-likeness (QED) is 0.395. The van der Waals surface area contributed by atoms with Crippen LogP contribution in [0.15, 0.2) is 17.6 Å². The molecule has 0 aliphatic heterocycles. The standard InChI is InChI=1S/C15H30N4O/c1-6-11(2)19-20-12(3)18-13-7-14(4,5)9-15(17,8-13)10-16/h13,18H,3,6-10,16-17H2,1-2,4-5H3/b19-11-. The highest BCUT2D eigenvalue weighted by Crippen LogP contribution is 2.39. The molecule has 0 aromatic heterocycles. The van der Waals surface area contributed by atoms with E-state index >= 15 is 0 Å². The zero-order valence-electron chi connectivity index (χ0n) is 13.3. The summed E-state index contributed by atoms with van der Waals surface area (Å²) in [5.74, 6) is 0.472. The summed E-state index contributed by atoms with van der Waals surface area (Å²) < 4.78 is 0. The average molecular weight is 282 g/mol. The fourth-order valence-electron chi connectivity index (χ4n) is 3.04. The Hall–Kier alpha value is -1.07. The van der Waals surface area contributed by atoms with Gasteiger partial charge in [0.25, 0.3) is 0 Å². The molecule has 0 aromatic carbocycles. The van der Waals surface area contributed by atoms with Crippen molar-refractivity contribution >= 4 is 5.71 Å². The molecule has 1 aliphatic rings. The van der Waals surface area contributed by atoms with E-state index in [1.807, 2.05) is 13.8 Å². The molecule has 5 N–H and O–H groups in total. The van der Waals surface area contributed by atoms with E-state index in [0.717, 1.165) is 31.4 Å². The third kappa shape index (κ3) is 5.13. The summed E-state index contributed by atoms with van der Waals surface area (Å²) in [7, 11) is 0. The predicted octanol–water partition coefficient (Wildman–Crippen LogP) is 2.08. The summed E-state index contributed by atoms with van der Waals surface area (Å²) in [4.78, 5) is 5.28. The smallest absolute Gasteiger partial charge is 0.215 e. The summed E-state index contributed by atoms with van der Waals surface area (Å²) >= 11 is 0. The SMILES string of the molecule is C=C(NC1CC(C)(C)CC(N)(CN)C1)O/N=C(/C)CC. The van der Waals surface area contributed by atoms with Crippen LogP contribution in [-0.2, 0) is 4.84 Å². The second-order valence-electron chi connectivity index (χ2n) is 6.85. The van der Waals surface area contributed by atoms with Gasteiger partial charge >= 0.3 is 0 Å². The van der Waals surface area contributed by atoms with Crippen molar-refractivity contribution in [2.24, 2.45) is 22.0 Å². The molecule has 1 saturated carbocycles. The third-order valence-corrected chi connectivity index (χ3v) is 3.88. The lowest BCUT2D eigenvalue weighted by atomic mass is 9.66. The monoisotopic (exact) mass is 282 g/mol. The number of hydrogen-bond acceptors (Lipinski definition) is 5. The van der Waals surface area contributed by atoms with Gasteiger partial charge in [-0.15, -0.1) is 0 Å². The van der Waals surface area contributed by atoms with Crippen LogP contribution in [-0.4, -0.2) is 23.8 Å². The molecule has 20 heavy (non-hydrogen) atoms. The maximum absolute atomic E-state index is 6.38. The summed E-state index contributed by atoms with van der Waals surface area (Å²) in [6.07, 6.45) is 3.65. The second-order valence-corrected chi connectivity index (χ2v) is 6.85. The summed E-state index contributed by atoms with van der Waals surface area (Å²) in [5.41, 5.74) is 13.0. The Bertz CT molecular complexity index is 378. The normalized spacial score (nSPS) is 29.9. The second kappa shape index (κ2) is 6.59. The van der Waals surface area contributed by atoms with E-state index in [0.29, 0.717) is 12.4 Å². The Morgan fingerprint density at radius 3 is 2.65 bits per heavy atom. The van der Waals surface area contributed by atoms with Gasteiger partial charge in [0, 0.05) is 18.1 Å². The Labute approximate surface area is 122 Å². The predicted molar refractivity (Wildman–Crippen MR) is 84.2 cm³/mol. The van der Waals surface area contributed by atoms with Crippen molar-refractivity contribution in [3.63, 3.8) is 0 Å². The number of hydrogen-bond donors (Lipinski definition) is 3. The molecule has 0 radical (unpaired) electrons. The molecule has 1 aliphatic carbocycles. The van der Waals surface area contributed by atoms with Crippen LogP contribution in [0.25, 0.3) is 0 Å². The summed E-state index contributed by atoms with van der Waals surface area (Å²) in [6.45, 7) is 12.8. The van der Waals surface area contributed by atoms with Gasteiger partial charge in [-0.05, 0) is 44.6 Å². The summed E-state index contributed by atoms with van der Waals surface area (Å²) in [6, 6.07) is 0.219. The summed E-state index contributed by atoms with van der Waals surface area (Å²) in [5, 5.41) is 7.28. The first-order valence-electron chi connectivity index (χ1n) is 7.34. The van der Waals surface area contributed by atoms with E-state index in [1.165, 1.54) is 0 Å². The highest BCUT2D eigenvalue weighted by molar-refractivity contribution is 5.80. The van der Waals surface area contributed by atoms with Gasteiger partial charge in [0.15, 0.2) is 0 Å². The highest BCUT2D eigenvalue weighted by atomic mass is 16.6. The third-order valence-electron chi connectivity index (χ3n) is 3.88. The Kier molecular flexibility index (Phi) is 5.59. The minimum absolute atomic E-state index is 0.160. The van der Waals surface area contributed by atoms with Crippen molar-refractivity contribution in [3.8, 4) is 0 Å². The zero-order chi connectivity index (χ0) is 15.4. The molecule has 0 bridgehead atoms. The van der Waals surface area contributed by atoms with Crippen molar-refractivity contribution in [1.82, 2.24) is 5.32 Å². The van der Waals surface area contributed by atoms with Gasteiger partial charge in [-0.1, -0.05) is 25.9 Å². The van der Waals surface area contributed by atoms with E-state index in [-0.39, 0.29) is 17.0 Å².